The summed E-state index contributed by atoms with van der Waals surface area (Å²) in [5.74, 6) is -0.0179. The number of hydrogen-bond donors (Lipinski definition) is 0. The number of pyridine rings is 1. The predicted molar refractivity (Wildman–Crippen MR) is 121 cm³/mol. The molecule has 1 fully saturated rings. The van der Waals surface area contributed by atoms with Gasteiger partial charge in [-0.05, 0) is 59.1 Å². The van der Waals surface area contributed by atoms with E-state index in [9.17, 15) is 4.79 Å². The lowest BCUT2D eigenvalue weighted by molar-refractivity contribution is 0.0110. The standard InChI is InChI=1S/C24H26BrN3O2/c1-24-9-15(14-30-23(29)16-7-18(25)11-26-10-16)12-28(3)21(24)8-17-13-27(2)20-6-4-5-19(24)22(17)20/h4-7,10-11,13,15,21H,8-9,12,14H2,1-3H3/t15-,21-,24-/m1/s1. The van der Waals surface area contributed by atoms with Gasteiger partial charge in [0.05, 0.1) is 12.2 Å². The van der Waals surface area contributed by atoms with Crippen molar-refractivity contribution >= 4 is 32.8 Å². The maximum Gasteiger partial charge on any atom is 0.339 e. The normalized spacial score (nSPS) is 25.9. The van der Waals surface area contributed by atoms with Gasteiger partial charge in [-0.1, -0.05) is 19.1 Å². The number of hydrogen-bond acceptors (Lipinski definition) is 4. The third-order valence-electron chi connectivity index (χ3n) is 7.04. The summed E-state index contributed by atoms with van der Waals surface area (Å²) >= 11 is 3.36. The molecule has 2 aromatic heterocycles. The molecule has 156 valence electrons. The number of likely N-dealkylation sites (tertiary alicyclic amines) is 1. The number of fused-ring (bicyclic) bond motifs is 2. The molecule has 5 rings (SSSR count). The van der Waals surface area contributed by atoms with Crippen molar-refractivity contribution < 1.29 is 9.53 Å². The van der Waals surface area contributed by atoms with Crippen molar-refractivity contribution in [2.75, 3.05) is 20.2 Å². The van der Waals surface area contributed by atoms with Crippen molar-refractivity contribution in [3.63, 3.8) is 0 Å². The van der Waals surface area contributed by atoms with E-state index in [0.29, 0.717) is 24.1 Å². The summed E-state index contributed by atoms with van der Waals surface area (Å²) in [4.78, 5) is 19.0. The zero-order valence-corrected chi connectivity index (χ0v) is 19.1. The largest absolute Gasteiger partial charge is 0.462 e. The van der Waals surface area contributed by atoms with Gasteiger partial charge in [0.1, 0.15) is 0 Å². The minimum Gasteiger partial charge on any atom is -0.462 e. The monoisotopic (exact) mass is 467 g/mol. The van der Waals surface area contributed by atoms with Gasteiger partial charge in [-0.15, -0.1) is 0 Å². The minimum absolute atomic E-state index is 0.0370. The molecular weight excluding hydrogens is 442 g/mol. The van der Waals surface area contributed by atoms with Gasteiger partial charge in [0, 0.05) is 64.9 Å². The van der Waals surface area contributed by atoms with Crippen LogP contribution < -0.4 is 0 Å². The van der Waals surface area contributed by atoms with E-state index in [-0.39, 0.29) is 11.4 Å². The number of piperidine rings is 1. The molecule has 5 nitrogen and oxygen atoms in total. The van der Waals surface area contributed by atoms with Gasteiger partial charge < -0.3 is 14.2 Å². The van der Waals surface area contributed by atoms with E-state index >= 15 is 0 Å². The average molecular weight is 468 g/mol. The third kappa shape index (κ3) is 3.08. The molecule has 0 spiro atoms. The lowest BCUT2D eigenvalue weighted by Gasteiger charge is -2.52. The number of likely N-dealkylation sites (N-methyl/N-ethyl adjacent to an activating group) is 1. The van der Waals surface area contributed by atoms with Crippen LogP contribution in [-0.2, 0) is 23.6 Å². The number of carbonyl (C=O) groups excluding carboxylic acids is 1. The van der Waals surface area contributed by atoms with Crippen molar-refractivity contribution in [1.29, 1.82) is 0 Å². The second kappa shape index (κ2) is 7.20. The molecule has 3 aromatic rings. The second-order valence-electron chi connectivity index (χ2n) is 9.10. The number of halogens is 1. The maximum atomic E-state index is 12.5. The first kappa shape index (κ1) is 19.8. The Morgan fingerprint density at radius 1 is 1.33 bits per heavy atom. The highest BCUT2D eigenvalue weighted by molar-refractivity contribution is 9.10. The van der Waals surface area contributed by atoms with Crippen LogP contribution in [0.3, 0.4) is 0 Å². The zero-order chi connectivity index (χ0) is 21.0. The number of aryl methyl sites for hydroxylation is 1. The second-order valence-corrected chi connectivity index (χ2v) is 10.0. The SMILES string of the molecule is CN1C[C@H](COC(=O)c2cncc(Br)c2)C[C@]2(C)c3cccc4c3c(cn4C)C[C@@H]12. The smallest absolute Gasteiger partial charge is 0.339 e. The van der Waals surface area contributed by atoms with Crippen molar-refractivity contribution in [2.45, 2.75) is 31.2 Å². The molecule has 1 aliphatic carbocycles. The van der Waals surface area contributed by atoms with E-state index in [1.54, 1.807) is 18.5 Å². The molecule has 3 heterocycles. The van der Waals surface area contributed by atoms with Gasteiger partial charge in [0.2, 0.25) is 0 Å². The summed E-state index contributed by atoms with van der Waals surface area (Å²) in [6.45, 7) is 3.75. The van der Waals surface area contributed by atoms with Crippen LogP contribution in [-0.4, -0.2) is 46.7 Å². The molecule has 0 radical (unpaired) electrons. The van der Waals surface area contributed by atoms with Crippen molar-refractivity contribution in [3.05, 3.63) is 64.0 Å². The topological polar surface area (TPSA) is 47.4 Å². The molecule has 1 aromatic carbocycles. The number of aromatic nitrogens is 2. The number of rotatable bonds is 3. The molecule has 2 aliphatic rings. The van der Waals surface area contributed by atoms with Gasteiger partial charge in [-0.25, -0.2) is 4.79 Å². The minimum atomic E-state index is -0.310. The maximum absolute atomic E-state index is 12.5. The molecule has 1 aliphatic heterocycles. The van der Waals surface area contributed by atoms with Gasteiger partial charge in [0.15, 0.2) is 0 Å². The third-order valence-corrected chi connectivity index (χ3v) is 7.47. The molecular formula is C24H26BrN3O2. The average Bonchev–Trinajstić information content (AvgIpc) is 3.04. The van der Waals surface area contributed by atoms with Crippen LogP contribution in [0, 0.1) is 5.92 Å². The van der Waals surface area contributed by atoms with Crippen molar-refractivity contribution in [3.8, 4) is 0 Å². The summed E-state index contributed by atoms with van der Waals surface area (Å²) in [5, 5.41) is 1.42. The van der Waals surface area contributed by atoms with Gasteiger partial charge in [-0.2, -0.15) is 0 Å². The highest BCUT2D eigenvalue weighted by atomic mass is 79.9. The van der Waals surface area contributed by atoms with Crippen LogP contribution in [0.25, 0.3) is 10.9 Å². The quantitative estimate of drug-likeness (QED) is 0.537. The van der Waals surface area contributed by atoms with E-state index in [0.717, 1.165) is 23.9 Å². The van der Waals surface area contributed by atoms with E-state index in [1.165, 1.54) is 22.0 Å². The number of nitrogens with zero attached hydrogens (tertiary/aromatic N) is 3. The summed E-state index contributed by atoms with van der Waals surface area (Å²) in [7, 11) is 4.35. The molecule has 30 heavy (non-hydrogen) atoms. The Labute approximate surface area is 185 Å². The Kier molecular flexibility index (Phi) is 4.75. The summed E-state index contributed by atoms with van der Waals surface area (Å²) in [5.41, 5.74) is 4.71. The fourth-order valence-electron chi connectivity index (χ4n) is 5.78. The van der Waals surface area contributed by atoms with Gasteiger partial charge in [0.25, 0.3) is 0 Å². The first-order valence-electron chi connectivity index (χ1n) is 10.4. The number of ether oxygens (including phenoxy) is 1. The number of esters is 1. The fraction of sp³-hybridized carbons (Fsp3) is 0.417. The van der Waals surface area contributed by atoms with Crippen LogP contribution in [0.5, 0.6) is 0 Å². The number of carbonyl (C=O) groups is 1. The van der Waals surface area contributed by atoms with Crippen LogP contribution in [0.4, 0.5) is 0 Å². The lowest BCUT2D eigenvalue weighted by Crippen LogP contribution is -2.57. The van der Waals surface area contributed by atoms with Crippen LogP contribution in [0.2, 0.25) is 0 Å². The molecule has 1 saturated heterocycles. The van der Waals surface area contributed by atoms with Crippen LogP contribution in [0.15, 0.2) is 47.3 Å². The van der Waals surface area contributed by atoms with Crippen LogP contribution in [0.1, 0.15) is 34.8 Å². The molecule has 0 unspecified atom stereocenters. The Balaban J connectivity index is 1.40. The first-order valence-corrected chi connectivity index (χ1v) is 11.2. The Morgan fingerprint density at radius 2 is 2.17 bits per heavy atom. The van der Waals surface area contributed by atoms with E-state index in [1.807, 2.05) is 0 Å². The molecule has 3 atom stereocenters. The Bertz CT molecular complexity index is 1140. The van der Waals surface area contributed by atoms with Crippen LogP contribution >= 0.6 is 15.9 Å². The predicted octanol–water partition coefficient (Wildman–Crippen LogP) is 4.33. The molecule has 0 bridgehead atoms. The Hall–Kier alpha value is -2.18. The van der Waals surface area contributed by atoms with E-state index in [2.05, 4.69) is 75.8 Å². The van der Waals surface area contributed by atoms with E-state index in [4.69, 9.17) is 4.74 Å². The van der Waals surface area contributed by atoms with Gasteiger partial charge in [-0.3, -0.25) is 4.98 Å². The molecule has 0 N–H and O–H groups in total. The summed E-state index contributed by atoms with van der Waals surface area (Å²) < 4.78 is 8.74. The summed E-state index contributed by atoms with van der Waals surface area (Å²) in [6, 6.07) is 8.90. The first-order chi connectivity index (χ1) is 14.4. The van der Waals surface area contributed by atoms with Crippen molar-refractivity contribution in [2.24, 2.45) is 13.0 Å². The molecule has 0 saturated carbocycles. The highest BCUT2D eigenvalue weighted by Gasteiger charge is 2.48. The lowest BCUT2D eigenvalue weighted by atomic mass is 9.62. The summed E-state index contributed by atoms with van der Waals surface area (Å²) in [6.07, 6.45) is 7.59. The molecule has 6 heteroatoms. The molecule has 0 amide bonds. The highest BCUT2D eigenvalue weighted by Crippen LogP contribution is 2.49. The zero-order valence-electron chi connectivity index (χ0n) is 17.6. The Morgan fingerprint density at radius 3 is 2.97 bits per heavy atom. The van der Waals surface area contributed by atoms with Crippen molar-refractivity contribution in [1.82, 2.24) is 14.5 Å². The number of benzene rings is 1. The van der Waals surface area contributed by atoms with Gasteiger partial charge >= 0.3 is 5.97 Å². The fourth-order valence-corrected chi connectivity index (χ4v) is 6.15. The van der Waals surface area contributed by atoms with E-state index < -0.39 is 0 Å².